The number of hydrogen-bond acceptors (Lipinski definition) is 7. The van der Waals surface area contributed by atoms with Crippen molar-refractivity contribution < 1.29 is 33.2 Å². The topological polar surface area (TPSA) is 72.5 Å². The summed E-state index contributed by atoms with van der Waals surface area (Å²) >= 11 is 6.00. The maximum atomic E-state index is 12.0. The van der Waals surface area contributed by atoms with E-state index in [4.69, 9.17) is 40.0 Å². The first-order valence-electron chi connectivity index (χ1n) is 12.5. The molecule has 1 heterocycles. The molecular weight excluding hydrogens is 508 g/mol. The number of halogens is 1. The second kappa shape index (κ2) is 14.4. The lowest BCUT2D eigenvalue weighted by Gasteiger charge is -2.45. The molecule has 8 heteroatoms. The predicted molar refractivity (Wildman–Crippen MR) is 142 cm³/mol. The molecule has 0 saturated carbocycles. The molecule has 0 aliphatic carbocycles. The number of carbonyl (C=O) groups excluding carboxylic acids is 1. The fourth-order valence-electron chi connectivity index (χ4n) is 4.32. The van der Waals surface area contributed by atoms with Crippen molar-refractivity contribution in [2.24, 2.45) is 0 Å². The van der Waals surface area contributed by atoms with Crippen molar-refractivity contribution in [1.29, 1.82) is 0 Å². The molecule has 0 unspecified atom stereocenters. The molecule has 0 spiro atoms. The van der Waals surface area contributed by atoms with Gasteiger partial charge in [-0.15, -0.1) is 0 Å². The fraction of sp³-hybridized carbons (Fsp3) is 0.367. The second-order valence-corrected chi connectivity index (χ2v) is 9.45. The smallest absolute Gasteiger partial charge is 0.303 e. The van der Waals surface area contributed by atoms with Gasteiger partial charge in [0.15, 0.2) is 12.4 Å². The van der Waals surface area contributed by atoms with Crippen LogP contribution in [0.15, 0.2) is 84.9 Å². The van der Waals surface area contributed by atoms with E-state index in [2.05, 4.69) is 0 Å². The van der Waals surface area contributed by atoms with Gasteiger partial charge in [-0.2, -0.15) is 0 Å². The van der Waals surface area contributed by atoms with Crippen LogP contribution in [0, 0.1) is 0 Å². The van der Waals surface area contributed by atoms with Gasteiger partial charge >= 0.3 is 5.97 Å². The highest BCUT2D eigenvalue weighted by atomic mass is 35.5. The van der Waals surface area contributed by atoms with Crippen LogP contribution in [-0.4, -0.2) is 50.4 Å². The average molecular weight is 541 g/mol. The normalized spacial score (nSPS) is 23.2. The minimum Gasteiger partial charge on any atom is -0.454 e. The third-order valence-electron chi connectivity index (χ3n) is 6.16. The summed E-state index contributed by atoms with van der Waals surface area (Å²) in [4.78, 5) is 12.0. The first-order chi connectivity index (χ1) is 18.5. The molecule has 1 aliphatic heterocycles. The molecule has 3 aromatic carbocycles. The van der Waals surface area contributed by atoms with Gasteiger partial charge in [-0.25, -0.2) is 0 Å². The van der Waals surface area contributed by atoms with E-state index in [9.17, 15) is 4.79 Å². The number of ether oxygens (including phenoxy) is 6. The molecular formula is C30H33ClO7. The lowest BCUT2D eigenvalue weighted by Crippen LogP contribution is -2.62. The van der Waals surface area contributed by atoms with Crippen LogP contribution in [0.5, 0.6) is 0 Å². The van der Waals surface area contributed by atoms with E-state index >= 15 is 0 Å². The van der Waals surface area contributed by atoms with E-state index in [-0.39, 0.29) is 6.61 Å². The molecule has 0 bridgehead atoms. The van der Waals surface area contributed by atoms with Crippen molar-refractivity contribution in [1.82, 2.24) is 0 Å². The molecule has 202 valence electrons. The molecule has 7 nitrogen and oxygen atoms in total. The molecule has 1 saturated heterocycles. The highest BCUT2D eigenvalue weighted by molar-refractivity contribution is 6.30. The summed E-state index contributed by atoms with van der Waals surface area (Å²) in [5.41, 5.74) is 2.95. The summed E-state index contributed by atoms with van der Waals surface area (Å²) in [6.45, 7) is 2.53. The Labute approximate surface area is 228 Å². The third kappa shape index (κ3) is 8.11. The van der Waals surface area contributed by atoms with Crippen LogP contribution in [0.25, 0.3) is 0 Å². The zero-order valence-electron chi connectivity index (χ0n) is 21.5. The van der Waals surface area contributed by atoms with E-state index in [0.717, 1.165) is 16.7 Å². The molecule has 1 aliphatic rings. The van der Waals surface area contributed by atoms with Gasteiger partial charge in [0.25, 0.3) is 0 Å². The summed E-state index contributed by atoms with van der Waals surface area (Å²) in [7, 11) is 1.51. The zero-order valence-corrected chi connectivity index (χ0v) is 22.3. The van der Waals surface area contributed by atoms with Gasteiger partial charge in [-0.3, -0.25) is 4.79 Å². The molecule has 5 atom stereocenters. The number of rotatable bonds is 12. The zero-order chi connectivity index (χ0) is 26.7. The summed E-state index contributed by atoms with van der Waals surface area (Å²) < 4.78 is 36.3. The number of carbonyl (C=O) groups is 1. The van der Waals surface area contributed by atoms with Crippen molar-refractivity contribution in [3.63, 3.8) is 0 Å². The van der Waals surface area contributed by atoms with Crippen LogP contribution in [0.3, 0.4) is 0 Å². The molecule has 0 N–H and O–H groups in total. The van der Waals surface area contributed by atoms with Gasteiger partial charge in [0, 0.05) is 19.1 Å². The van der Waals surface area contributed by atoms with E-state index < -0.39 is 36.7 Å². The first-order valence-corrected chi connectivity index (χ1v) is 12.9. The molecule has 0 amide bonds. The van der Waals surface area contributed by atoms with Crippen molar-refractivity contribution in [2.45, 2.75) is 57.5 Å². The first kappa shape index (κ1) is 28.2. The van der Waals surface area contributed by atoms with Gasteiger partial charge in [-0.05, 0) is 28.8 Å². The summed E-state index contributed by atoms with van der Waals surface area (Å²) in [5.74, 6) is -0.465. The Hall–Kier alpha value is -2.78. The van der Waals surface area contributed by atoms with Crippen molar-refractivity contribution >= 4 is 17.6 Å². The van der Waals surface area contributed by atoms with Crippen LogP contribution < -0.4 is 0 Å². The summed E-state index contributed by atoms with van der Waals surface area (Å²) in [6, 6.07) is 27.1. The van der Waals surface area contributed by atoms with E-state index in [1.165, 1.54) is 14.0 Å². The predicted octanol–water partition coefficient (Wildman–Crippen LogP) is 5.33. The van der Waals surface area contributed by atoms with Gasteiger partial charge in [0.05, 0.1) is 26.4 Å². The summed E-state index contributed by atoms with van der Waals surface area (Å²) in [6.07, 6.45) is -3.54. The molecule has 4 rings (SSSR count). The number of methoxy groups -OCH3 is 1. The quantitative estimate of drug-likeness (QED) is 0.287. The van der Waals surface area contributed by atoms with Crippen molar-refractivity contribution in [2.75, 3.05) is 13.7 Å². The highest BCUT2D eigenvalue weighted by Crippen LogP contribution is 2.30. The van der Waals surface area contributed by atoms with Crippen LogP contribution in [-0.2, 0) is 53.0 Å². The van der Waals surface area contributed by atoms with Gasteiger partial charge in [0.1, 0.15) is 18.3 Å². The van der Waals surface area contributed by atoms with Crippen molar-refractivity contribution in [3.05, 3.63) is 107 Å². The molecule has 0 aromatic heterocycles. The number of benzene rings is 3. The average Bonchev–Trinajstić information content (AvgIpc) is 2.93. The Bertz CT molecular complexity index is 1110. The third-order valence-corrected chi connectivity index (χ3v) is 6.41. The maximum Gasteiger partial charge on any atom is 0.303 e. The SMILES string of the molecule is CO[C@@H]1O[C@H](COCc2ccc(Cl)cc2)[C@@H](OCc2ccccc2)[C@H](OCc2ccccc2)[C@H]1OC(C)=O. The Morgan fingerprint density at radius 2 is 1.32 bits per heavy atom. The Morgan fingerprint density at radius 1 is 0.763 bits per heavy atom. The monoisotopic (exact) mass is 540 g/mol. The lowest BCUT2D eigenvalue weighted by atomic mass is 9.98. The highest BCUT2D eigenvalue weighted by Gasteiger charge is 2.49. The number of hydrogen-bond donors (Lipinski definition) is 0. The fourth-order valence-corrected chi connectivity index (χ4v) is 4.44. The molecule has 1 fully saturated rings. The minimum atomic E-state index is -0.861. The van der Waals surface area contributed by atoms with Crippen LogP contribution in [0.4, 0.5) is 0 Å². The van der Waals surface area contributed by atoms with E-state index in [0.29, 0.717) is 24.8 Å². The Kier molecular flexibility index (Phi) is 10.7. The van der Waals surface area contributed by atoms with Gasteiger partial charge in [0.2, 0.25) is 0 Å². The second-order valence-electron chi connectivity index (χ2n) is 9.02. The molecule has 0 radical (unpaired) electrons. The van der Waals surface area contributed by atoms with E-state index in [1.807, 2.05) is 84.9 Å². The van der Waals surface area contributed by atoms with Crippen molar-refractivity contribution in [3.8, 4) is 0 Å². The largest absolute Gasteiger partial charge is 0.454 e. The maximum absolute atomic E-state index is 12.0. The van der Waals surface area contributed by atoms with Crippen LogP contribution in [0.1, 0.15) is 23.6 Å². The Morgan fingerprint density at radius 3 is 1.87 bits per heavy atom. The van der Waals surface area contributed by atoms with Crippen LogP contribution >= 0.6 is 11.6 Å². The van der Waals surface area contributed by atoms with E-state index in [1.54, 1.807) is 0 Å². The lowest BCUT2D eigenvalue weighted by molar-refractivity contribution is -0.315. The number of esters is 1. The van der Waals surface area contributed by atoms with Gasteiger partial charge in [-0.1, -0.05) is 84.4 Å². The minimum absolute atomic E-state index is 0.208. The van der Waals surface area contributed by atoms with Crippen LogP contribution in [0.2, 0.25) is 5.02 Å². The van der Waals surface area contributed by atoms with Gasteiger partial charge < -0.3 is 28.4 Å². The summed E-state index contributed by atoms with van der Waals surface area (Å²) in [5, 5.41) is 0.664. The Balaban J connectivity index is 1.55. The molecule has 3 aromatic rings. The molecule has 38 heavy (non-hydrogen) atoms. The standard InChI is InChI=1S/C30H33ClO7/c1-21(32)37-29-28(36-19-23-11-7-4-8-12-23)27(35-18-22-9-5-3-6-10-22)26(38-30(29)33-2)20-34-17-24-13-15-25(31)16-14-24/h3-16,26-30H,17-20H2,1-2H3/t26-,27-,28+,29-,30-/m1/s1.